The molecular formula is C33H32N2O. The maximum absolute atomic E-state index is 7.01. The Kier molecular flexibility index (Phi) is 5.68. The molecule has 1 aliphatic carbocycles. The normalized spacial score (nSPS) is 21.0. The molecule has 0 amide bonds. The zero-order valence-corrected chi connectivity index (χ0v) is 20.6. The van der Waals surface area contributed by atoms with E-state index in [2.05, 4.69) is 83.1 Å². The van der Waals surface area contributed by atoms with Crippen LogP contribution >= 0.6 is 0 Å². The van der Waals surface area contributed by atoms with Gasteiger partial charge < -0.3 is 10.1 Å². The average molecular weight is 473 g/mol. The first-order valence-corrected chi connectivity index (χ1v) is 13.5. The van der Waals surface area contributed by atoms with Crippen LogP contribution in [0.15, 0.2) is 85.1 Å². The molecule has 7 rings (SSSR count). The molecule has 1 fully saturated rings. The lowest BCUT2D eigenvalue weighted by atomic mass is 9.76. The van der Waals surface area contributed by atoms with E-state index in [1.54, 1.807) is 0 Å². The predicted octanol–water partition coefficient (Wildman–Crippen LogP) is 7.47. The highest BCUT2D eigenvalue weighted by Gasteiger charge is 2.33. The molecule has 0 saturated carbocycles. The molecule has 0 radical (unpaired) electrons. The summed E-state index contributed by atoms with van der Waals surface area (Å²) in [6.45, 7) is 2.03. The summed E-state index contributed by atoms with van der Waals surface area (Å²) in [5.74, 6) is 0.340. The third kappa shape index (κ3) is 3.87. The minimum absolute atomic E-state index is 0.0262. The van der Waals surface area contributed by atoms with Gasteiger partial charge in [-0.15, -0.1) is 0 Å². The van der Waals surface area contributed by atoms with Gasteiger partial charge in [-0.05, 0) is 89.0 Å². The Labute approximate surface area is 212 Å². The molecule has 1 aliphatic heterocycles. The van der Waals surface area contributed by atoms with Crippen molar-refractivity contribution in [3.63, 3.8) is 0 Å². The van der Waals surface area contributed by atoms with Gasteiger partial charge in [0.15, 0.2) is 0 Å². The van der Waals surface area contributed by atoms with Crippen molar-refractivity contribution < 1.29 is 4.74 Å². The maximum atomic E-state index is 7.01. The number of ether oxygens (including phenoxy) is 1. The van der Waals surface area contributed by atoms with Crippen molar-refractivity contribution in [2.24, 2.45) is 0 Å². The number of aryl methyl sites for hydroxylation is 1. The highest BCUT2D eigenvalue weighted by atomic mass is 16.5. The Bertz CT molecular complexity index is 1550. The second-order valence-corrected chi connectivity index (χ2v) is 10.5. The highest BCUT2D eigenvalue weighted by Crippen LogP contribution is 2.46. The van der Waals surface area contributed by atoms with Gasteiger partial charge in [-0.1, -0.05) is 66.7 Å². The fourth-order valence-corrected chi connectivity index (χ4v) is 6.57. The zero-order chi connectivity index (χ0) is 23.9. The third-order valence-electron chi connectivity index (χ3n) is 8.33. The molecule has 1 N–H and O–H groups in total. The SMILES string of the molecule is c1cnc2cc(C(OC3CCCNC3)C3CCCc4c3ccc3c4ccc4ccccc43)ccc2c1. The number of nitrogens with one attached hydrogen (secondary N) is 1. The Morgan fingerprint density at radius 3 is 2.64 bits per heavy atom. The molecule has 180 valence electrons. The summed E-state index contributed by atoms with van der Waals surface area (Å²) in [4.78, 5) is 4.66. The summed E-state index contributed by atoms with van der Waals surface area (Å²) in [6, 6.07) is 29.0. The molecule has 3 unspecified atom stereocenters. The van der Waals surface area contributed by atoms with Gasteiger partial charge in [0.1, 0.15) is 0 Å². The van der Waals surface area contributed by atoms with E-state index in [1.165, 1.54) is 56.5 Å². The highest BCUT2D eigenvalue weighted by molar-refractivity contribution is 6.08. The minimum Gasteiger partial charge on any atom is -0.368 e. The molecular weight excluding hydrogens is 440 g/mol. The molecule has 3 atom stereocenters. The van der Waals surface area contributed by atoms with Crippen LogP contribution in [0, 0.1) is 0 Å². The molecule has 2 heterocycles. The first kappa shape index (κ1) is 22.0. The molecule has 1 saturated heterocycles. The van der Waals surface area contributed by atoms with E-state index < -0.39 is 0 Å². The average Bonchev–Trinajstić information content (AvgIpc) is 2.95. The molecule has 4 aromatic carbocycles. The van der Waals surface area contributed by atoms with Crippen LogP contribution in [0.2, 0.25) is 0 Å². The molecule has 0 bridgehead atoms. The van der Waals surface area contributed by atoms with Crippen LogP contribution < -0.4 is 5.32 Å². The molecule has 0 spiro atoms. The van der Waals surface area contributed by atoms with Crippen molar-refractivity contribution >= 4 is 32.4 Å². The summed E-state index contributed by atoms with van der Waals surface area (Å²) in [6.07, 6.45) is 7.94. The van der Waals surface area contributed by atoms with Crippen molar-refractivity contribution in [2.45, 2.75) is 50.2 Å². The van der Waals surface area contributed by atoms with Crippen LogP contribution in [0.5, 0.6) is 0 Å². The van der Waals surface area contributed by atoms with E-state index in [4.69, 9.17) is 4.74 Å². The lowest BCUT2D eigenvalue weighted by molar-refractivity contribution is -0.0405. The van der Waals surface area contributed by atoms with Gasteiger partial charge in [0.25, 0.3) is 0 Å². The number of piperidine rings is 1. The van der Waals surface area contributed by atoms with Gasteiger partial charge in [-0.3, -0.25) is 4.98 Å². The fraction of sp³-hybridized carbons (Fsp3) is 0.303. The van der Waals surface area contributed by atoms with E-state index >= 15 is 0 Å². The number of benzene rings is 4. The van der Waals surface area contributed by atoms with Gasteiger partial charge in [0.2, 0.25) is 0 Å². The number of aromatic nitrogens is 1. The van der Waals surface area contributed by atoms with Crippen LogP contribution in [0.25, 0.3) is 32.4 Å². The number of nitrogens with zero attached hydrogens (tertiary/aromatic N) is 1. The number of fused-ring (bicyclic) bond motifs is 6. The van der Waals surface area contributed by atoms with E-state index in [1.807, 2.05) is 12.3 Å². The quantitative estimate of drug-likeness (QED) is 0.276. The largest absolute Gasteiger partial charge is 0.368 e. The molecule has 5 aromatic rings. The minimum atomic E-state index is 0.0262. The molecule has 3 heteroatoms. The zero-order valence-electron chi connectivity index (χ0n) is 20.6. The summed E-state index contributed by atoms with van der Waals surface area (Å²) in [5, 5.41) is 10.2. The predicted molar refractivity (Wildman–Crippen MR) is 149 cm³/mol. The number of hydrogen-bond acceptors (Lipinski definition) is 3. The standard InChI is InChI=1S/C33H32N2O/c1-2-9-26-22(6-1)14-15-29-27-10-3-11-31(30(27)17-16-28(26)29)33(36-25-8-5-18-34-21-25)24-13-12-23-7-4-19-35-32(23)20-24/h1-2,4,6-7,9,12-17,19-20,25,31,33-34H,3,5,8,10-11,18,21H2. The van der Waals surface area contributed by atoms with Gasteiger partial charge in [0.05, 0.1) is 17.7 Å². The van der Waals surface area contributed by atoms with Gasteiger partial charge in [-0.2, -0.15) is 0 Å². The smallest absolute Gasteiger partial charge is 0.0898 e. The molecule has 3 nitrogen and oxygen atoms in total. The van der Waals surface area contributed by atoms with Crippen LogP contribution in [0.3, 0.4) is 0 Å². The monoisotopic (exact) mass is 472 g/mol. The van der Waals surface area contributed by atoms with Crippen LogP contribution in [-0.4, -0.2) is 24.2 Å². The topological polar surface area (TPSA) is 34.1 Å². The summed E-state index contributed by atoms with van der Waals surface area (Å²) in [7, 11) is 0. The Morgan fingerprint density at radius 2 is 1.69 bits per heavy atom. The number of rotatable bonds is 4. The third-order valence-corrected chi connectivity index (χ3v) is 8.33. The number of pyridine rings is 1. The van der Waals surface area contributed by atoms with E-state index in [0.29, 0.717) is 5.92 Å². The number of hydrogen-bond donors (Lipinski definition) is 1. The van der Waals surface area contributed by atoms with Crippen molar-refractivity contribution in [2.75, 3.05) is 13.1 Å². The van der Waals surface area contributed by atoms with E-state index in [-0.39, 0.29) is 12.2 Å². The molecule has 2 aliphatic rings. The van der Waals surface area contributed by atoms with Crippen molar-refractivity contribution in [1.29, 1.82) is 0 Å². The maximum Gasteiger partial charge on any atom is 0.0898 e. The van der Waals surface area contributed by atoms with Gasteiger partial charge in [-0.25, -0.2) is 0 Å². The van der Waals surface area contributed by atoms with Crippen LogP contribution in [0.4, 0.5) is 0 Å². The lowest BCUT2D eigenvalue weighted by Gasteiger charge is -2.37. The van der Waals surface area contributed by atoms with Crippen molar-refractivity contribution in [3.05, 3.63) is 102 Å². The Balaban J connectivity index is 1.35. The van der Waals surface area contributed by atoms with Crippen LogP contribution in [-0.2, 0) is 11.2 Å². The van der Waals surface area contributed by atoms with Crippen molar-refractivity contribution in [3.8, 4) is 0 Å². The van der Waals surface area contributed by atoms with Gasteiger partial charge >= 0.3 is 0 Å². The second kappa shape index (κ2) is 9.31. The first-order valence-electron chi connectivity index (χ1n) is 13.5. The van der Waals surface area contributed by atoms with Gasteiger partial charge in [0, 0.05) is 24.0 Å². The van der Waals surface area contributed by atoms with E-state index in [9.17, 15) is 0 Å². The Morgan fingerprint density at radius 1 is 0.806 bits per heavy atom. The van der Waals surface area contributed by atoms with Crippen LogP contribution in [0.1, 0.15) is 54.4 Å². The summed E-state index contributed by atoms with van der Waals surface area (Å²) < 4.78 is 7.01. The molecule has 1 aromatic heterocycles. The second-order valence-electron chi connectivity index (χ2n) is 10.5. The summed E-state index contributed by atoms with van der Waals surface area (Å²) >= 11 is 0. The lowest BCUT2D eigenvalue weighted by Crippen LogP contribution is -2.37. The Hall–Kier alpha value is -3.27. The van der Waals surface area contributed by atoms with Crippen molar-refractivity contribution in [1.82, 2.24) is 10.3 Å². The van der Waals surface area contributed by atoms with E-state index in [0.717, 1.165) is 37.9 Å². The summed E-state index contributed by atoms with van der Waals surface area (Å²) in [5.41, 5.74) is 5.29. The fourth-order valence-electron chi connectivity index (χ4n) is 6.57. The molecule has 36 heavy (non-hydrogen) atoms. The first-order chi connectivity index (χ1) is 17.8.